The van der Waals surface area contributed by atoms with Crippen molar-refractivity contribution in [1.29, 1.82) is 0 Å². The molecule has 2 unspecified atom stereocenters. The maximum absolute atomic E-state index is 11.3. The molecule has 0 aromatic rings. The second-order valence-corrected chi connectivity index (χ2v) is 4.71. The number of nitrogens with zero attached hydrogens (tertiary/aromatic N) is 1. The molecule has 2 nitrogen and oxygen atoms in total. The minimum absolute atomic E-state index is 0.262. The van der Waals surface area contributed by atoms with Crippen molar-refractivity contribution < 1.29 is 4.79 Å². The van der Waals surface area contributed by atoms with Crippen molar-refractivity contribution in [2.45, 2.75) is 45.6 Å². The Labute approximate surface area is 80.3 Å². The van der Waals surface area contributed by atoms with Crippen molar-refractivity contribution in [2.75, 3.05) is 6.54 Å². The summed E-state index contributed by atoms with van der Waals surface area (Å²) >= 11 is 0. The quantitative estimate of drug-likeness (QED) is 0.560. The third-order valence-corrected chi connectivity index (χ3v) is 3.83. The maximum Gasteiger partial charge on any atom is 0.219 e. The summed E-state index contributed by atoms with van der Waals surface area (Å²) in [5, 5.41) is 0. The van der Waals surface area contributed by atoms with Crippen LogP contribution in [0.1, 0.15) is 39.5 Å². The van der Waals surface area contributed by atoms with Crippen molar-refractivity contribution in [3.05, 3.63) is 0 Å². The SMILES string of the molecule is CC(=O)N1CC2CCCC2C[C@H]1C. The molecule has 13 heavy (non-hydrogen) atoms. The number of amides is 1. The van der Waals surface area contributed by atoms with Crippen LogP contribution in [0.15, 0.2) is 0 Å². The number of hydrogen-bond donors (Lipinski definition) is 0. The van der Waals surface area contributed by atoms with Crippen LogP contribution in [0, 0.1) is 11.8 Å². The number of hydrogen-bond acceptors (Lipinski definition) is 1. The first kappa shape index (κ1) is 9.04. The van der Waals surface area contributed by atoms with Crippen LogP contribution in [-0.4, -0.2) is 23.4 Å². The fourth-order valence-electron chi connectivity index (χ4n) is 3.10. The van der Waals surface area contributed by atoms with Gasteiger partial charge in [-0.3, -0.25) is 4.79 Å². The van der Waals surface area contributed by atoms with Crippen LogP contribution >= 0.6 is 0 Å². The molecular weight excluding hydrogens is 162 g/mol. The zero-order chi connectivity index (χ0) is 9.42. The van der Waals surface area contributed by atoms with E-state index >= 15 is 0 Å². The highest BCUT2D eigenvalue weighted by molar-refractivity contribution is 5.73. The zero-order valence-electron chi connectivity index (χ0n) is 8.62. The lowest BCUT2D eigenvalue weighted by molar-refractivity contribution is -0.133. The third-order valence-electron chi connectivity index (χ3n) is 3.83. The highest BCUT2D eigenvalue weighted by Crippen LogP contribution is 2.39. The molecule has 74 valence electrons. The fraction of sp³-hybridized carbons (Fsp3) is 0.909. The Morgan fingerprint density at radius 1 is 1.31 bits per heavy atom. The summed E-state index contributed by atoms with van der Waals surface area (Å²) in [6, 6.07) is 0.483. The van der Waals surface area contributed by atoms with Crippen LogP contribution in [0.5, 0.6) is 0 Å². The van der Waals surface area contributed by atoms with Gasteiger partial charge in [-0.05, 0) is 31.6 Å². The summed E-state index contributed by atoms with van der Waals surface area (Å²) in [6.45, 7) is 4.92. The Morgan fingerprint density at radius 3 is 2.69 bits per heavy atom. The Morgan fingerprint density at radius 2 is 2.00 bits per heavy atom. The average molecular weight is 181 g/mol. The van der Waals surface area contributed by atoms with Crippen LogP contribution in [0.2, 0.25) is 0 Å². The predicted molar refractivity (Wildman–Crippen MR) is 52.3 cm³/mol. The van der Waals surface area contributed by atoms with Gasteiger partial charge in [0.2, 0.25) is 5.91 Å². The zero-order valence-corrected chi connectivity index (χ0v) is 8.62. The monoisotopic (exact) mass is 181 g/mol. The predicted octanol–water partition coefficient (Wildman–Crippen LogP) is 2.04. The van der Waals surface area contributed by atoms with Gasteiger partial charge in [-0.15, -0.1) is 0 Å². The van der Waals surface area contributed by atoms with E-state index in [1.54, 1.807) is 6.92 Å². The second kappa shape index (κ2) is 3.32. The molecule has 1 aliphatic carbocycles. The first-order valence-electron chi connectivity index (χ1n) is 5.45. The van der Waals surface area contributed by atoms with Gasteiger partial charge in [0.25, 0.3) is 0 Å². The largest absolute Gasteiger partial charge is 0.340 e. The van der Waals surface area contributed by atoms with Crippen molar-refractivity contribution in [3.8, 4) is 0 Å². The highest BCUT2D eigenvalue weighted by atomic mass is 16.2. The Bertz CT molecular complexity index is 214. The summed E-state index contributed by atoms with van der Waals surface area (Å²) in [5.74, 6) is 2.00. The van der Waals surface area contributed by atoms with E-state index in [1.165, 1.54) is 25.7 Å². The van der Waals surface area contributed by atoms with Gasteiger partial charge in [-0.2, -0.15) is 0 Å². The molecule has 2 heteroatoms. The first-order chi connectivity index (χ1) is 6.18. The molecule has 2 fully saturated rings. The van der Waals surface area contributed by atoms with E-state index in [0.29, 0.717) is 6.04 Å². The minimum Gasteiger partial charge on any atom is -0.340 e. The average Bonchev–Trinajstić information content (AvgIpc) is 2.48. The number of likely N-dealkylation sites (tertiary alicyclic amines) is 1. The van der Waals surface area contributed by atoms with E-state index in [9.17, 15) is 4.79 Å². The molecular formula is C11H19NO. The third kappa shape index (κ3) is 1.59. The lowest BCUT2D eigenvalue weighted by atomic mass is 9.85. The summed E-state index contributed by atoms with van der Waals surface area (Å²) in [4.78, 5) is 13.4. The topological polar surface area (TPSA) is 20.3 Å². The standard InChI is InChI=1S/C11H19NO/c1-8-6-10-4-3-5-11(10)7-12(8)9(2)13/h8,10-11H,3-7H2,1-2H3/t8-,10?,11?/m1/s1. The molecule has 0 radical (unpaired) electrons. The Balaban J connectivity index is 2.05. The molecule has 1 heterocycles. The van der Waals surface area contributed by atoms with Crippen molar-refractivity contribution in [2.24, 2.45) is 11.8 Å². The first-order valence-corrected chi connectivity index (χ1v) is 5.45. The molecule has 2 aliphatic rings. The summed E-state index contributed by atoms with van der Waals surface area (Å²) in [5.41, 5.74) is 0. The minimum atomic E-state index is 0.262. The van der Waals surface area contributed by atoms with Gasteiger partial charge in [0.05, 0.1) is 0 Å². The molecule has 0 aromatic carbocycles. The smallest absolute Gasteiger partial charge is 0.219 e. The summed E-state index contributed by atoms with van der Waals surface area (Å²) in [7, 11) is 0. The maximum atomic E-state index is 11.3. The van der Waals surface area contributed by atoms with E-state index in [4.69, 9.17) is 0 Å². The number of fused-ring (bicyclic) bond motifs is 1. The Hall–Kier alpha value is -0.530. The van der Waals surface area contributed by atoms with Gasteiger partial charge in [-0.25, -0.2) is 0 Å². The van der Waals surface area contributed by atoms with Crippen molar-refractivity contribution in [3.63, 3.8) is 0 Å². The van der Waals surface area contributed by atoms with Gasteiger partial charge in [0.1, 0.15) is 0 Å². The second-order valence-electron chi connectivity index (χ2n) is 4.71. The summed E-state index contributed by atoms with van der Waals surface area (Å²) < 4.78 is 0. The van der Waals surface area contributed by atoms with Gasteiger partial charge < -0.3 is 4.90 Å². The molecule has 3 atom stereocenters. The number of carbonyl (C=O) groups excluding carboxylic acids is 1. The van der Waals surface area contributed by atoms with E-state index in [2.05, 4.69) is 11.8 Å². The molecule has 1 amide bonds. The fourth-order valence-corrected chi connectivity index (χ4v) is 3.10. The van der Waals surface area contributed by atoms with Crippen LogP contribution < -0.4 is 0 Å². The molecule has 0 aromatic heterocycles. The van der Waals surface area contributed by atoms with Gasteiger partial charge >= 0.3 is 0 Å². The Kier molecular flexibility index (Phi) is 2.31. The molecule has 0 N–H and O–H groups in total. The van der Waals surface area contributed by atoms with Crippen molar-refractivity contribution >= 4 is 5.91 Å². The van der Waals surface area contributed by atoms with Crippen molar-refractivity contribution in [1.82, 2.24) is 4.90 Å². The van der Waals surface area contributed by atoms with Crippen LogP contribution in [0.25, 0.3) is 0 Å². The van der Waals surface area contributed by atoms with Crippen LogP contribution in [0.4, 0.5) is 0 Å². The molecule has 1 saturated heterocycles. The molecule has 0 spiro atoms. The van der Waals surface area contributed by atoms with E-state index in [-0.39, 0.29) is 5.91 Å². The van der Waals surface area contributed by atoms with Crippen LogP contribution in [-0.2, 0) is 4.79 Å². The lowest BCUT2D eigenvalue weighted by Crippen LogP contribution is -2.46. The van der Waals surface area contributed by atoms with E-state index < -0.39 is 0 Å². The van der Waals surface area contributed by atoms with Crippen LogP contribution in [0.3, 0.4) is 0 Å². The molecule has 0 bridgehead atoms. The van der Waals surface area contributed by atoms with Gasteiger partial charge in [0, 0.05) is 19.5 Å². The number of rotatable bonds is 0. The molecule has 1 saturated carbocycles. The summed E-state index contributed by atoms with van der Waals surface area (Å²) in [6.07, 6.45) is 5.37. The van der Waals surface area contributed by atoms with E-state index in [0.717, 1.165) is 18.4 Å². The van der Waals surface area contributed by atoms with Gasteiger partial charge in [-0.1, -0.05) is 12.8 Å². The van der Waals surface area contributed by atoms with Gasteiger partial charge in [0.15, 0.2) is 0 Å². The molecule has 2 rings (SSSR count). The number of carbonyl (C=O) groups is 1. The normalized spacial score (nSPS) is 38.9. The molecule has 1 aliphatic heterocycles. The highest BCUT2D eigenvalue weighted by Gasteiger charge is 2.36. The lowest BCUT2D eigenvalue weighted by Gasteiger charge is -2.39. The van der Waals surface area contributed by atoms with E-state index in [1.807, 2.05) is 0 Å². The number of piperidine rings is 1.